The Balaban J connectivity index is 1.92. The fraction of sp³-hybridized carbons (Fsp3) is 0.594. The van der Waals surface area contributed by atoms with Crippen LogP contribution in [0.1, 0.15) is 63.5 Å². The van der Waals surface area contributed by atoms with Crippen LogP contribution in [0.4, 0.5) is 9.18 Å². The molecule has 2 aromatic carbocycles. The number of carbonyl (C=O) groups excluding carboxylic acids is 1. The Morgan fingerprint density at radius 2 is 1.98 bits per heavy atom. The maximum atomic E-state index is 15.4. The maximum absolute atomic E-state index is 15.4. The number of carbonyl (C=O) groups is 1. The van der Waals surface area contributed by atoms with Crippen LogP contribution in [0.5, 0.6) is 11.5 Å². The number of likely N-dealkylation sites (N-methyl/N-ethyl adjacent to an activating group) is 1. The monoisotopic (exact) mass is 557 g/mol. The summed E-state index contributed by atoms with van der Waals surface area (Å²) in [5.74, 6) is 0.220. The molecule has 0 aliphatic carbocycles. The van der Waals surface area contributed by atoms with Crippen molar-refractivity contribution in [3.05, 3.63) is 59.4 Å². The lowest BCUT2D eigenvalue weighted by Gasteiger charge is -2.43. The van der Waals surface area contributed by atoms with Crippen molar-refractivity contribution in [2.75, 3.05) is 40.4 Å². The number of para-hydroxylation sites is 2. The van der Waals surface area contributed by atoms with Crippen molar-refractivity contribution in [1.29, 1.82) is 0 Å². The Kier molecular flexibility index (Phi) is 12.2. The summed E-state index contributed by atoms with van der Waals surface area (Å²) in [7, 11) is 3.54. The zero-order valence-electron chi connectivity index (χ0n) is 24.8. The molecular formula is C32H48FN3O4. The van der Waals surface area contributed by atoms with E-state index in [1.807, 2.05) is 32.2 Å². The number of hydrogen-bond donors (Lipinski definition) is 3. The van der Waals surface area contributed by atoms with Gasteiger partial charge in [0, 0.05) is 50.9 Å². The van der Waals surface area contributed by atoms with Crippen molar-refractivity contribution in [3.63, 3.8) is 0 Å². The highest BCUT2D eigenvalue weighted by Gasteiger charge is 2.43. The zero-order chi connectivity index (χ0) is 29.1. The number of benzene rings is 2. The molecule has 1 aliphatic rings. The minimum atomic E-state index is -1.39. The van der Waals surface area contributed by atoms with E-state index in [9.17, 15) is 9.90 Å². The first-order chi connectivity index (χ1) is 19.2. The molecule has 1 saturated heterocycles. The van der Waals surface area contributed by atoms with Gasteiger partial charge in [0.05, 0.1) is 5.60 Å². The molecule has 0 radical (unpaired) electrons. The van der Waals surface area contributed by atoms with Gasteiger partial charge in [-0.1, -0.05) is 44.2 Å². The van der Waals surface area contributed by atoms with Crippen molar-refractivity contribution in [1.82, 2.24) is 15.5 Å². The van der Waals surface area contributed by atoms with Gasteiger partial charge in [0.15, 0.2) is 11.6 Å². The SMILES string of the molecule is CNCC(CC(C)C)NC(=O)N1CCC[C@@H]([C@@](O)(CCCCOC)c2cccc(F)c2Oc2ccccc2C)C1. The third-order valence-electron chi connectivity index (χ3n) is 7.81. The molecule has 7 nitrogen and oxygen atoms in total. The third-order valence-corrected chi connectivity index (χ3v) is 7.81. The van der Waals surface area contributed by atoms with Crippen molar-refractivity contribution in [2.45, 2.75) is 70.9 Å². The molecule has 1 fully saturated rings. The number of ether oxygens (including phenoxy) is 2. The largest absolute Gasteiger partial charge is 0.454 e. The third kappa shape index (κ3) is 8.41. The predicted molar refractivity (Wildman–Crippen MR) is 157 cm³/mol. The van der Waals surface area contributed by atoms with Crippen LogP contribution in [0, 0.1) is 24.6 Å². The predicted octanol–water partition coefficient (Wildman–Crippen LogP) is 5.99. The summed E-state index contributed by atoms with van der Waals surface area (Å²) >= 11 is 0. The molecule has 0 aromatic heterocycles. The Morgan fingerprint density at radius 1 is 1.20 bits per heavy atom. The topological polar surface area (TPSA) is 83.1 Å². The van der Waals surface area contributed by atoms with Crippen molar-refractivity contribution >= 4 is 6.03 Å². The van der Waals surface area contributed by atoms with Crippen molar-refractivity contribution < 1.29 is 23.8 Å². The van der Waals surface area contributed by atoms with E-state index in [1.54, 1.807) is 30.2 Å². The van der Waals surface area contributed by atoms with Crippen LogP contribution in [-0.2, 0) is 10.3 Å². The molecule has 1 unspecified atom stereocenters. The fourth-order valence-corrected chi connectivity index (χ4v) is 5.76. The Morgan fingerprint density at radius 3 is 2.67 bits per heavy atom. The number of halogens is 1. The van der Waals surface area contributed by atoms with E-state index in [-0.39, 0.29) is 23.7 Å². The normalized spacial score (nSPS) is 17.9. The number of nitrogens with zero attached hydrogens (tertiary/aromatic N) is 1. The number of likely N-dealkylation sites (tertiary alicyclic amines) is 1. The smallest absolute Gasteiger partial charge is 0.317 e. The van der Waals surface area contributed by atoms with Gasteiger partial charge in [0.2, 0.25) is 0 Å². The molecule has 8 heteroatoms. The number of methoxy groups -OCH3 is 1. The molecule has 3 N–H and O–H groups in total. The van der Waals surface area contributed by atoms with E-state index in [2.05, 4.69) is 24.5 Å². The number of hydrogen-bond acceptors (Lipinski definition) is 5. The molecule has 0 bridgehead atoms. The summed E-state index contributed by atoms with van der Waals surface area (Å²) in [6.45, 7) is 8.45. The van der Waals surface area contributed by atoms with Gasteiger partial charge in [-0.05, 0) is 76.1 Å². The van der Waals surface area contributed by atoms with Gasteiger partial charge >= 0.3 is 6.03 Å². The molecule has 1 aliphatic heterocycles. The van der Waals surface area contributed by atoms with Crippen molar-refractivity contribution in [3.8, 4) is 11.5 Å². The highest BCUT2D eigenvalue weighted by molar-refractivity contribution is 5.74. The molecule has 3 atom stereocenters. The zero-order valence-corrected chi connectivity index (χ0v) is 24.8. The van der Waals surface area contributed by atoms with Gasteiger partial charge < -0.3 is 30.1 Å². The first-order valence-corrected chi connectivity index (χ1v) is 14.6. The van der Waals surface area contributed by atoms with Crippen LogP contribution in [0.25, 0.3) is 0 Å². The average Bonchev–Trinajstić information content (AvgIpc) is 2.93. The minimum Gasteiger partial charge on any atom is -0.454 e. The van der Waals surface area contributed by atoms with Gasteiger partial charge in [-0.3, -0.25) is 0 Å². The summed E-state index contributed by atoms with van der Waals surface area (Å²) in [5.41, 5.74) is -0.0959. The van der Waals surface area contributed by atoms with Crippen molar-refractivity contribution in [2.24, 2.45) is 11.8 Å². The van der Waals surface area contributed by atoms with Gasteiger partial charge in [0.25, 0.3) is 0 Å². The minimum absolute atomic E-state index is 0.0168. The van der Waals surface area contributed by atoms with Crippen LogP contribution >= 0.6 is 0 Å². The summed E-state index contributed by atoms with van der Waals surface area (Å²) in [6.07, 6.45) is 4.20. The standard InChI is InChI=1S/C32H48FN3O4/c1-23(2)20-26(21-34-4)35-31(37)36-18-11-13-25(22-36)32(38,17-8-9-19-39-5)27-14-10-15-28(33)30(27)40-29-16-7-6-12-24(29)3/h6-7,10,12,14-16,23,25-26,34,38H,8-9,11,13,17-22H2,1-5H3,(H,35,37)/t25-,26?,32+/m1/s1. The number of aliphatic hydroxyl groups is 1. The second-order valence-corrected chi connectivity index (χ2v) is 11.5. The summed E-state index contributed by atoms with van der Waals surface area (Å²) in [6, 6.07) is 12.1. The molecule has 222 valence electrons. The van der Waals surface area contributed by atoms with Crippen LogP contribution in [0.2, 0.25) is 0 Å². The number of amides is 2. The first-order valence-electron chi connectivity index (χ1n) is 14.6. The van der Waals surface area contributed by atoms with Gasteiger partial charge in [-0.2, -0.15) is 0 Å². The van der Waals surface area contributed by atoms with E-state index in [4.69, 9.17) is 9.47 Å². The number of unbranched alkanes of at least 4 members (excludes halogenated alkanes) is 1. The Hall–Kier alpha value is -2.68. The molecule has 0 saturated carbocycles. The summed E-state index contributed by atoms with van der Waals surface area (Å²) in [5, 5.41) is 18.9. The molecule has 40 heavy (non-hydrogen) atoms. The van der Waals surface area contributed by atoms with Crippen LogP contribution in [0.3, 0.4) is 0 Å². The summed E-state index contributed by atoms with van der Waals surface area (Å²) in [4.78, 5) is 15.2. The van der Waals surface area contributed by atoms with E-state index in [1.165, 1.54) is 6.07 Å². The number of nitrogens with one attached hydrogen (secondary N) is 2. The number of piperidine rings is 1. The first kappa shape index (κ1) is 31.8. The van der Waals surface area contributed by atoms with Crippen LogP contribution in [0.15, 0.2) is 42.5 Å². The summed E-state index contributed by atoms with van der Waals surface area (Å²) < 4.78 is 26.8. The van der Waals surface area contributed by atoms with Gasteiger partial charge in [-0.25, -0.2) is 9.18 Å². The number of aryl methyl sites for hydroxylation is 1. The molecule has 1 heterocycles. The number of urea groups is 1. The second kappa shape index (κ2) is 15.4. The average molecular weight is 558 g/mol. The molecule has 2 aromatic rings. The van der Waals surface area contributed by atoms with E-state index >= 15 is 4.39 Å². The molecule has 3 rings (SSSR count). The Labute approximate surface area is 239 Å². The maximum Gasteiger partial charge on any atom is 0.317 e. The quantitative estimate of drug-likeness (QED) is 0.249. The number of rotatable bonds is 14. The highest BCUT2D eigenvalue weighted by atomic mass is 19.1. The van der Waals surface area contributed by atoms with Gasteiger partial charge in [0.1, 0.15) is 5.75 Å². The fourth-order valence-electron chi connectivity index (χ4n) is 5.76. The van der Waals surface area contributed by atoms with Crippen LogP contribution in [-0.4, -0.2) is 62.5 Å². The second-order valence-electron chi connectivity index (χ2n) is 11.5. The molecule has 0 spiro atoms. The van der Waals surface area contributed by atoms with Crippen LogP contribution < -0.4 is 15.4 Å². The molecular weight excluding hydrogens is 509 g/mol. The lowest BCUT2D eigenvalue weighted by molar-refractivity contribution is -0.0578. The Bertz CT molecular complexity index is 1080. The van der Waals surface area contributed by atoms with E-state index in [0.717, 1.165) is 31.2 Å². The van der Waals surface area contributed by atoms with E-state index < -0.39 is 11.4 Å². The van der Waals surface area contributed by atoms with Gasteiger partial charge in [-0.15, -0.1) is 0 Å². The lowest BCUT2D eigenvalue weighted by Crippen LogP contribution is -2.54. The highest BCUT2D eigenvalue weighted by Crippen LogP contribution is 2.45. The van der Waals surface area contributed by atoms with E-state index in [0.29, 0.717) is 56.3 Å². The lowest BCUT2D eigenvalue weighted by atomic mass is 9.73. The molecule has 2 amide bonds.